The average molecular weight is 423 g/mol. The molecule has 0 aliphatic rings. The maximum Gasteiger partial charge on any atom is 0.417 e. The SMILES string of the molecule is CCOC(=O)c1sc2cccc(C(F)(F)F)c2c1COc1ccc(C(N)=O)cc1. The molecule has 0 radical (unpaired) electrons. The molecule has 0 saturated carbocycles. The van der Waals surface area contributed by atoms with Gasteiger partial charge in [0.1, 0.15) is 17.2 Å². The second-order valence-corrected chi connectivity index (χ2v) is 7.04. The molecule has 0 bridgehead atoms. The van der Waals surface area contributed by atoms with Gasteiger partial charge in [0, 0.05) is 21.2 Å². The minimum atomic E-state index is -4.59. The van der Waals surface area contributed by atoms with E-state index in [9.17, 15) is 22.8 Å². The van der Waals surface area contributed by atoms with E-state index in [0.29, 0.717) is 10.4 Å². The Labute approximate surface area is 167 Å². The van der Waals surface area contributed by atoms with Gasteiger partial charge in [-0.3, -0.25) is 4.79 Å². The Balaban J connectivity index is 2.04. The zero-order valence-electron chi connectivity index (χ0n) is 15.2. The van der Waals surface area contributed by atoms with Crippen molar-refractivity contribution in [2.24, 2.45) is 5.73 Å². The van der Waals surface area contributed by atoms with Crippen LogP contribution in [0.3, 0.4) is 0 Å². The number of benzene rings is 2. The van der Waals surface area contributed by atoms with E-state index in [2.05, 4.69) is 0 Å². The summed E-state index contributed by atoms with van der Waals surface area (Å²) in [5, 5.41) is -0.0817. The number of halogens is 3. The van der Waals surface area contributed by atoms with Gasteiger partial charge in [0.15, 0.2) is 0 Å². The molecule has 0 aliphatic heterocycles. The number of primary amides is 1. The second kappa shape index (κ2) is 8.12. The fourth-order valence-electron chi connectivity index (χ4n) is 2.82. The van der Waals surface area contributed by atoms with Gasteiger partial charge in [-0.25, -0.2) is 4.79 Å². The van der Waals surface area contributed by atoms with E-state index in [1.165, 1.54) is 36.4 Å². The topological polar surface area (TPSA) is 78.6 Å². The van der Waals surface area contributed by atoms with Crippen LogP contribution in [0.1, 0.15) is 38.1 Å². The first-order valence-corrected chi connectivity index (χ1v) is 9.35. The van der Waals surface area contributed by atoms with Crippen molar-refractivity contribution in [1.29, 1.82) is 0 Å². The molecule has 0 atom stereocenters. The van der Waals surface area contributed by atoms with Gasteiger partial charge in [0.2, 0.25) is 5.91 Å². The summed E-state index contributed by atoms with van der Waals surface area (Å²) in [7, 11) is 0. The third kappa shape index (κ3) is 4.34. The zero-order valence-corrected chi connectivity index (χ0v) is 16.0. The Hall–Kier alpha value is -3.07. The van der Waals surface area contributed by atoms with Gasteiger partial charge in [-0.05, 0) is 43.3 Å². The lowest BCUT2D eigenvalue weighted by atomic mass is 10.0. The third-order valence-electron chi connectivity index (χ3n) is 4.10. The summed E-state index contributed by atoms with van der Waals surface area (Å²) in [5.41, 5.74) is 4.71. The van der Waals surface area contributed by atoms with Crippen molar-refractivity contribution in [2.75, 3.05) is 6.61 Å². The number of amides is 1. The highest BCUT2D eigenvalue weighted by molar-refractivity contribution is 7.21. The first-order chi connectivity index (χ1) is 13.7. The molecule has 3 aromatic rings. The Kier molecular flexibility index (Phi) is 5.78. The van der Waals surface area contributed by atoms with Crippen molar-refractivity contribution in [3.63, 3.8) is 0 Å². The number of nitrogens with two attached hydrogens (primary N) is 1. The highest BCUT2D eigenvalue weighted by atomic mass is 32.1. The van der Waals surface area contributed by atoms with Crippen molar-refractivity contribution in [2.45, 2.75) is 19.7 Å². The Bertz CT molecular complexity index is 1060. The Morgan fingerprint density at radius 2 is 1.79 bits per heavy atom. The molecule has 29 heavy (non-hydrogen) atoms. The van der Waals surface area contributed by atoms with Gasteiger partial charge in [0.05, 0.1) is 12.2 Å². The van der Waals surface area contributed by atoms with Gasteiger partial charge in [-0.15, -0.1) is 11.3 Å². The fourth-order valence-corrected chi connectivity index (χ4v) is 3.95. The molecular formula is C20H16F3NO4S. The van der Waals surface area contributed by atoms with Gasteiger partial charge >= 0.3 is 12.1 Å². The van der Waals surface area contributed by atoms with Crippen LogP contribution in [0.25, 0.3) is 10.1 Å². The number of carbonyl (C=O) groups is 2. The van der Waals surface area contributed by atoms with Gasteiger partial charge < -0.3 is 15.2 Å². The van der Waals surface area contributed by atoms with E-state index in [1.54, 1.807) is 6.92 Å². The highest BCUT2D eigenvalue weighted by Crippen LogP contribution is 2.41. The quantitative estimate of drug-likeness (QED) is 0.579. The first-order valence-electron chi connectivity index (χ1n) is 8.53. The van der Waals surface area contributed by atoms with Crippen LogP contribution in [0, 0.1) is 0 Å². The molecule has 0 fully saturated rings. The molecule has 9 heteroatoms. The summed E-state index contributed by atoms with van der Waals surface area (Å²) in [6, 6.07) is 9.61. The van der Waals surface area contributed by atoms with Crippen molar-refractivity contribution < 1.29 is 32.2 Å². The Morgan fingerprint density at radius 3 is 2.38 bits per heavy atom. The summed E-state index contributed by atoms with van der Waals surface area (Å²) in [5.74, 6) is -1.00. The summed E-state index contributed by atoms with van der Waals surface area (Å²) in [6.45, 7) is 1.42. The van der Waals surface area contributed by atoms with Crippen molar-refractivity contribution in [3.05, 3.63) is 64.0 Å². The van der Waals surface area contributed by atoms with Crippen molar-refractivity contribution >= 4 is 33.3 Å². The molecule has 0 spiro atoms. The van der Waals surface area contributed by atoms with E-state index in [4.69, 9.17) is 15.2 Å². The van der Waals surface area contributed by atoms with Crippen molar-refractivity contribution in [1.82, 2.24) is 0 Å². The maximum atomic E-state index is 13.5. The highest BCUT2D eigenvalue weighted by Gasteiger charge is 2.35. The van der Waals surface area contributed by atoms with Gasteiger partial charge in [-0.2, -0.15) is 13.2 Å². The molecule has 2 aromatic carbocycles. The molecule has 0 aliphatic carbocycles. The average Bonchev–Trinajstić information content (AvgIpc) is 3.04. The standard InChI is InChI=1S/C20H16F3NO4S/c1-2-27-19(26)17-13(10-28-12-8-6-11(7-9-12)18(24)25)16-14(20(21,22)23)4-3-5-15(16)29-17/h3-9H,2,10H2,1H3,(H2,24,25). The first kappa shape index (κ1) is 20.7. The van der Waals surface area contributed by atoms with Crippen LogP contribution >= 0.6 is 11.3 Å². The van der Waals surface area contributed by atoms with Crippen LogP contribution in [0.2, 0.25) is 0 Å². The minimum Gasteiger partial charge on any atom is -0.489 e. The second-order valence-electron chi connectivity index (χ2n) is 5.98. The van der Waals surface area contributed by atoms with Crippen LogP contribution in [-0.2, 0) is 17.5 Å². The predicted octanol–water partition coefficient (Wildman–Crippen LogP) is 4.77. The molecule has 0 saturated heterocycles. The number of ether oxygens (including phenoxy) is 2. The fraction of sp³-hybridized carbons (Fsp3) is 0.200. The van der Waals surface area contributed by atoms with Crippen LogP contribution in [0.5, 0.6) is 5.75 Å². The lowest BCUT2D eigenvalue weighted by Gasteiger charge is -2.12. The molecule has 1 aromatic heterocycles. The number of fused-ring (bicyclic) bond motifs is 1. The zero-order chi connectivity index (χ0) is 21.2. The number of rotatable bonds is 6. The van der Waals surface area contributed by atoms with Crippen LogP contribution in [-0.4, -0.2) is 18.5 Å². The van der Waals surface area contributed by atoms with E-state index in [0.717, 1.165) is 17.4 Å². The van der Waals surface area contributed by atoms with Gasteiger partial charge in [-0.1, -0.05) is 6.07 Å². The normalized spacial score (nSPS) is 11.4. The summed E-state index contributed by atoms with van der Waals surface area (Å²) in [4.78, 5) is 23.5. The molecule has 5 nitrogen and oxygen atoms in total. The molecule has 1 amide bonds. The van der Waals surface area contributed by atoms with Crippen LogP contribution < -0.4 is 10.5 Å². The van der Waals surface area contributed by atoms with E-state index >= 15 is 0 Å². The number of esters is 1. The van der Waals surface area contributed by atoms with Crippen LogP contribution in [0.15, 0.2) is 42.5 Å². The molecule has 3 rings (SSSR count). The molecule has 1 heterocycles. The number of carbonyl (C=O) groups excluding carboxylic acids is 2. The van der Waals surface area contributed by atoms with Crippen molar-refractivity contribution in [3.8, 4) is 5.75 Å². The van der Waals surface area contributed by atoms with Crippen LogP contribution in [0.4, 0.5) is 13.2 Å². The molecule has 0 unspecified atom stereocenters. The van der Waals surface area contributed by atoms with E-state index in [-0.39, 0.29) is 34.6 Å². The smallest absolute Gasteiger partial charge is 0.417 e. The van der Waals surface area contributed by atoms with E-state index in [1.807, 2.05) is 0 Å². The predicted molar refractivity (Wildman–Crippen MR) is 102 cm³/mol. The molecule has 152 valence electrons. The monoisotopic (exact) mass is 423 g/mol. The molecule has 2 N–H and O–H groups in total. The number of thiophene rings is 1. The lowest BCUT2D eigenvalue weighted by molar-refractivity contribution is -0.136. The largest absolute Gasteiger partial charge is 0.489 e. The summed E-state index contributed by atoms with van der Waals surface area (Å²) < 4.78 is 51.6. The summed E-state index contributed by atoms with van der Waals surface area (Å²) in [6.07, 6.45) is -4.59. The number of alkyl halides is 3. The van der Waals surface area contributed by atoms with Gasteiger partial charge in [0.25, 0.3) is 0 Å². The third-order valence-corrected chi connectivity index (χ3v) is 5.28. The lowest BCUT2D eigenvalue weighted by Crippen LogP contribution is -2.11. The van der Waals surface area contributed by atoms with E-state index < -0.39 is 23.6 Å². The molecular weight excluding hydrogens is 407 g/mol. The minimum absolute atomic E-state index is 0.0623. The summed E-state index contributed by atoms with van der Waals surface area (Å²) >= 11 is 0.928. The number of hydrogen-bond acceptors (Lipinski definition) is 5. The Morgan fingerprint density at radius 1 is 1.10 bits per heavy atom. The number of hydrogen-bond donors (Lipinski definition) is 1. The maximum absolute atomic E-state index is 13.5.